The van der Waals surface area contributed by atoms with E-state index in [0.29, 0.717) is 47.4 Å². The molecule has 0 radical (unpaired) electrons. The first kappa shape index (κ1) is 25.2. The molecule has 2 aliphatic carbocycles. The van der Waals surface area contributed by atoms with Crippen LogP contribution in [0, 0.1) is 24.6 Å². The molecule has 2 atom stereocenters. The number of hydrogen-bond acceptors (Lipinski definition) is 10. The van der Waals surface area contributed by atoms with E-state index in [1.807, 2.05) is 13.0 Å². The van der Waals surface area contributed by atoms with E-state index in [2.05, 4.69) is 35.6 Å². The van der Waals surface area contributed by atoms with E-state index in [4.69, 9.17) is 11.5 Å². The fourth-order valence-corrected chi connectivity index (χ4v) is 6.08. The van der Waals surface area contributed by atoms with Crippen LogP contribution in [-0.2, 0) is 12.1 Å². The van der Waals surface area contributed by atoms with Gasteiger partial charge >= 0.3 is 0 Å². The van der Waals surface area contributed by atoms with Gasteiger partial charge < -0.3 is 21.9 Å². The molecule has 39 heavy (non-hydrogen) atoms. The normalized spacial score (nSPS) is 26.1. The zero-order valence-corrected chi connectivity index (χ0v) is 21.3. The lowest BCUT2D eigenvalue weighted by molar-refractivity contribution is 0.0615. The van der Waals surface area contributed by atoms with Crippen LogP contribution >= 0.6 is 0 Å². The molecule has 4 aromatic rings. The molecule has 0 amide bonds. The molecule has 2 fully saturated rings. The van der Waals surface area contributed by atoms with E-state index >= 15 is 0 Å². The van der Waals surface area contributed by atoms with E-state index in [0.717, 1.165) is 24.7 Å². The molecule has 202 valence electrons. The number of pyridine rings is 1. The lowest BCUT2D eigenvalue weighted by atomic mass is 9.62. The Labute approximate surface area is 223 Å². The fraction of sp³-hybridized carbons (Fsp3) is 0.385. The Hall–Kier alpha value is -4.07. The molecular weight excluding hydrogens is 503 g/mol. The lowest BCUT2D eigenvalue weighted by Crippen LogP contribution is -2.63. The maximum absolute atomic E-state index is 13.8. The lowest BCUT2D eigenvalue weighted by Gasteiger charge is -2.46. The summed E-state index contributed by atoms with van der Waals surface area (Å²) in [4.78, 5) is 27.3. The van der Waals surface area contributed by atoms with Crippen molar-refractivity contribution in [1.29, 1.82) is 0 Å². The number of aryl methyl sites for hydroxylation is 1. The van der Waals surface area contributed by atoms with Gasteiger partial charge in [0.1, 0.15) is 5.82 Å². The number of aromatic amines is 1. The summed E-state index contributed by atoms with van der Waals surface area (Å²) < 4.78 is 14.6. The van der Waals surface area contributed by atoms with Crippen molar-refractivity contribution in [3.8, 4) is 5.82 Å². The van der Waals surface area contributed by atoms with Crippen molar-refractivity contribution in [3.05, 3.63) is 71.4 Å². The number of anilines is 2. The van der Waals surface area contributed by atoms with Crippen LogP contribution in [0.1, 0.15) is 53.3 Å². The Morgan fingerprint density at radius 3 is 2.54 bits per heavy atom. The molecule has 2 aliphatic rings. The topological polar surface area (TPSA) is 187 Å². The number of nitrogens with one attached hydrogen (secondary N) is 2. The van der Waals surface area contributed by atoms with Gasteiger partial charge in [-0.3, -0.25) is 9.89 Å². The Morgan fingerprint density at radius 1 is 1.18 bits per heavy atom. The van der Waals surface area contributed by atoms with Crippen LogP contribution < -0.4 is 16.8 Å². The highest BCUT2D eigenvalue weighted by atomic mass is 19.1. The monoisotopic (exact) mass is 532 g/mol. The molecule has 7 N–H and O–H groups in total. The number of halogens is 1. The quantitative estimate of drug-likeness (QED) is 0.220. The van der Waals surface area contributed by atoms with Crippen LogP contribution in [0.3, 0.4) is 0 Å². The van der Waals surface area contributed by atoms with Gasteiger partial charge in [0.05, 0.1) is 35.8 Å². The van der Waals surface area contributed by atoms with Gasteiger partial charge in [-0.2, -0.15) is 10.2 Å². The summed E-state index contributed by atoms with van der Waals surface area (Å²) in [6, 6.07) is 6.75. The van der Waals surface area contributed by atoms with E-state index in [9.17, 15) is 14.3 Å². The van der Waals surface area contributed by atoms with Crippen molar-refractivity contribution < 1.29 is 14.3 Å². The molecule has 4 heterocycles. The minimum Gasteiger partial charge on any atom is -0.390 e. The molecule has 2 saturated carbocycles. The molecule has 4 aromatic heterocycles. The number of aliphatic hydroxyl groups excluding tert-OH is 1. The smallest absolute Gasteiger partial charge is 0.184 e. The first-order valence-electron chi connectivity index (χ1n) is 12.8. The molecular formula is C26H29FN10O2. The Kier molecular flexibility index (Phi) is 6.01. The third-order valence-corrected chi connectivity index (χ3v) is 7.97. The number of nitrogens with two attached hydrogens (primary N) is 2. The summed E-state index contributed by atoms with van der Waals surface area (Å²) in [6.45, 7) is 1.61. The SMILES string of the molecule is Cc1cc(Nc2cc(CO)nc(C3(N)CC4CCC(C3)C4(N)C(=O)c3ccc(-n4cc(F)cn4)nc3)n2)n[nH]1. The van der Waals surface area contributed by atoms with Crippen LogP contribution in [0.4, 0.5) is 16.0 Å². The van der Waals surface area contributed by atoms with Crippen molar-refractivity contribution >= 4 is 17.4 Å². The predicted octanol–water partition coefficient (Wildman–Crippen LogP) is 2.02. The van der Waals surface area contributed by atoms with Crippen LogP contribution in [0.5, 0.6) is 0 Å². The zero-order valence-electron chi connectivity index (χ0n) is 21.3. The number of aliphatic hydroxyl groups is 1. The number of H-pyrrole nitrogens is 1. The first-order chi connectivity index (χ1) is 18.7. The highest BCUT2D eigenvalue weighted by Crippen LogP contribution is 2.54. The van der Waals surface area contributed by atoms with Crippen molar-refractivity contribution in [3.63, 3.8) is 0 Å². The van der Waals surface area contributed by atoms with Crippen LogP contribution in [0.25, 0.3) is 5.82 Å². The average Bonchev–Trinajstić information content (AvgIpc) is 3.59. The second-order valence-electron chi connectivity index (χ2n) is 10.6. The second-order valence-corrected chi connectivity index (χ2v) is 10.6. The third-order valence-electron chi connectivity index (χ3n) is 7.97. The number of hydrogen-bond donors (Lipinski definition) is 5. The minimum absolute atomic E-state index is 0.191. The van der Waals surface area contributed by atoms with Crippen LogP contribution in [0.2, 0.25) is 0 Å². The van der Waals surface area contributed by atoms with Gasteiger partial charge in [0.15, 0.2) is 29.1 Å². The number of rotatable bonds is 7. The molecule has 0 aromatic carbocycles. The largest absolute Gasteiger partial charge is 0.390 e. The minimum atomic E-state index is -1.11. The maximum Gasteiger partial charge on any atom is 0.184 e. The molecule has 13 heteroatoms. The maximum atomic E-state index is 13.8. The molecule has 0 aliphatic heterocycles. The Morgan fingerprint density at radius 2 is 1.95 bits per heavy atom. The van der Waals surface area contributed by atoms with Crippen LogP contribution in [-0.4, -0.2) is 51.4 Å². The van der Waals surface area contributed by atoms with E-state index in [1.165, 1.54) is 17.1 Å². The molecule has 0 spiro atoms. The number of carbonyl (C=O) groups is 1. The summed E-state index contributed by atoms with van der Waals surface area (Å²) in [7, 11) is 0. The Bertz CT molecular complexity index is 1520. The number of carbonyl (C=O) groups excluding carboxylic acids is 1. The highest BCUT2D eigenvalue weighted by Gasteiger charge is 2.60. The zero-order chi connectivity index (χ0) is 27.4. The molecule has 2 bridgehead atoms. The summed E-state index contributed by atoms with van der Waals surface area (Å²) in [5.41, 5.74) is 13.5. The van der Waals surface area contributed by atoms with Gasteiger partial charge in [-0.1, -0.05) is 0 Å². The van der Waals surface area contributed by atoms with Crippen molar-refractivity contribution in [2.24, 2.45) is 23.3 Å². The molecule has 2 unspecified atom stereocenters. The summed E-state index contributed by atoms with van der Waals surface area (Å²) in [6.07, 6.45) is 6.09. The van der Waals surface area contributed by atoms with E-state index in [1.54, 1.807) is 18.2 Å². The molecule has 0 saturated heterocycles. The van der Waals surface area contributed by atoms with Gasteiger partial charge in [0, 0.05) is 29.6 Å². The standard InChI is InChI=1S/C26H29FN10O2/c1-14-6-21(36-35-14)33-20-7-19(13-38)32-24(34-20)25(28)8-16-3-4-17(9-25)26(16,29)23(39)15-2-5-22(30-10-15)37-12-18(27)11-31-37/h2,5-7,10-12,16-17,38H,3-4,8-9,13,28-29H2,1H3,(H2,32,33,34,35,36). The first-order valence-corrected chi connectivity index (χ1v) is 12.8. The summed E-state index contributed by atoms with van der Waals surface area (Å²) >= 11 is 0. The van der Waals surface area contributed by atoms with Gasteiger partial charge in [-0.15, -0.1) is 0 Å². The molecule has 12 nitrogen and oxygen atoms in total. The van der Waals surface area contributed by atoms with E-state index < -0.39 is 16.9 Å². The second kappa shape index (κ2) is 9.29. The third kappa shape index (κ3) is 4.37. The van der Waals surface area contributed by atoms with Gasteiger partial charge in [0.25, 0.3) is 0 Å². The van der Waals surface area contributed by atoms with Gasteiger partial charge in [0.2, 0.25) is 0 Å². The van der Waals surface area contributed by atoms with Crippen LogP contribution in [0.15, 0.2) is 42.9 Å². The summed E-state index contributed by atoms with van der Waals surface area (Å²) in [5.74, 6) is 0.785. The molecule has 6 rings (SSSR count). The van der Waals surface area contributed by atoms with Crippen molar-refractivity contribution in [1.82, 2.24) is 34.9 Å². The van der Waals surface area contributed by atoms with E-state index in [-0.39, 0.29) is 24.2 Å². The van der Waals surface area contributed by atoms with Gasteiger partial charge in [-0.05, 0) is 56.6 Å². The average molecular weight is 533 g/mol. The highest BCUT2D eigenvalue weighted by molar-refractivity contribution is 6.03. The number of Topliss-reactive ketones (excluding diaryl/α,β-unsaturated/α-hetero) is 1. The number of fused-ring (bicyclic) bond motifs is 2. The number of ketones is 1. The Balaban J connectivity index is 1.26. The number of aromatic nitrogens is 7. The van der Waals surface area contributed by atoms with Crippen molar-refractivity contribution in [2.75, 3.05) is 5.32 Å². The fourth-order valence-electron chi connectivity index (χ4n) is 6.08. The van der Waals surface area contributed by atoms with Gasteiger partial charge in [-0.25, -0.2) is 24.0 Å². The predicted molar refractivity (Wildman–Crippen MR) is 138 cm³/mol. The van der Waals surface area contributed by atoms with Crippen molar-refractivity contribution in [2.45, 2.75) is 50.3 Å². The summed E-state index contributed by atoms with van der Waals surface area (Å²) in [5, 5.41) is 23.9. The number of nitrogens with zero attached hydrogens (tertiary/aromatic N) is 6.